The van der Waals surface area contributed by atoms with Gasteiger partial charge in [0.25, 0.3) is 0 Å². The maximum absolute atomic E-state index is 5.26. The zero-order valence-electron chi connectivity index (χ0n) is 9.32. The average Bonchev–Trinajstić information content (AvgIpc) is 2.83. The van der Waals surface area contributed by atoms with E-state index < -0.39 is 0 Å². The number of nitrogens with zero attached hydrogens (tertiary/aromatic N) is 4. The standard InChI is InChI=1S/C12H9N5S/c18-12-16-15-11(9-3-6-13-7-4-9)17(12)10-2-1-5-14-8-10/h1-8H,(H,16,18). The fourth-order valence-electron chi connectivity index (χ4n) is 1.72. The first kappa shape index (κ1) is 10.8. The third-order valence-corrected chi connectivity index (χ3v) is 2.79. The van der Waals surface area contributed by atoms with Crippen molar-refractivity contribution in [3.8, 4) is 17.1 Å². The normalized spacial score (nSPS) is 10.4. The molecule has 6 heteroatoms. The fourth-order valence-corrected chi connectivity index (χ4v) is 1.95. The summed E-state index contributed by atoms with van der Waals surface area (Å²) in [6, 6.07) is 7.57. The first-order valence-electron chi connectivity index (χ1n) is 5.34. The van der Waals surface area contributed by atoms with Crippen LogP contribution in [0.5, 0.6) is 0 Å². The van der Waals surface area contributed by atoms with Gasteiger partial charge in [0, 0.05) is 24.2 Å². The van der Waals surface area contributed by atoms with E-state index in [1.54, 1.807) is 24.8 Å². The Morgan fingerprint density at radius 2 is 1.89 bits per heavy atom. The summed E-state index contributed by atoms with van der Waals surface area (Å²) < 4.78 is 2.38. The molecule has 0 amide bonds. The molecule has 0 fully saturated rings. The molecule has 88 valence electrons. The topological polar surface area (TPSA) is 59.4 Å². The summed E-state index contributed by atoms with van der Waals surface area (Å²) in [6.07, 6.45) is 6.91. The van der Waals surface area contributed by atoms with Gasteiger partial charge in [0.15, 0.2) is 10.6 Å². The molecule has 3 aromatic heterocycles. The Morgan fingerprint density at radius 3 is 2.61 bits per heavy atom. The van der Waals surface area contributed by atoms with Gasteiger partial charge in [-0.05, 0) is 36.5 Å². The Labute approximate surface area is 108 Å². The molecule has 0 saturated carbocycles. The molecule has 0 aliphatic carbocycles. The van der Waals surface area contributed by atoms with E-state index in [0.717, 1.165) is 17.1 Å². The summed E-state index contributed by atoms with van der Waals surface area (Å²) in [7, 11) is 0. The van der Waals surface area contributed by atoms with E-state index in [9.17, 15) is 0 Å². The second-order valence-corrected chi connectivity index (χ2v) is 4.02. The predicted molar refractivity (Wildman–Crippen MR) is 69.8 cm³/mol. The molecule has 0 atom stereocenters. The number of aromatic nitrogens is 5. The Morgan fingerprint density at radius 1 is 1.06 bits per heavy atom. The van der Waals surface area contributed by atoms with Crippen LogP contribution in [0.25, 0.3) is 17.1 Å². The third-order valence-electron chi connectivity index (χ3n) is 2.51. The third kappa shape index (κ3) is 1.82. The Balaban J connectivity index is 2.23. The minimum atomic E-state index is 0.537. The molecule has 3 heterocycles. The molecule has 0 aliphatic rings. The molecule has 0 unspecified atom stereocenters. The van der Waals surface area contributed by atoms with Crippen LogP contribution in [0.4, 0.5) is 0 Å². The van der Waals surface area contributed by atoms with Gasteiger partial charge in [-0.1, -0.05) is 0 Å². The van der Waals surface area contributed by atoms with Crippen LogP contribution in [-0.4, -0.2) is 24.7 Å². The second-order valence-electron chi connectivity index (χ2n) is 3.63. The summed E-state index contributed by atoms with van der Waals surface area (Å²) >= 11 is 5.26. The highest BCUT2D eigenvalue weighted by Gasteiger charge is 2.09. The number of nitrogens with one attached hydrogen (secondary N) is 1. The van der Waals surface area contributed by atoms with Crippen molar-refractivity contribution in [3.63, 3.8) is 0 Å². The Bertz CT molecular complexity index is 702. The highest BCUT2D eigenvalue weighted by molar-refractivity contribution is 7.71. The van der Waals surface area contributed by atoms with E-state index in [2.05, 4.69) is 20.2 Å². The number of aromatic amines is 1. The number of pyridine rings is 2. The predicted octanol–water partition coefficient (Wildman–Crippen LogP) is 2.39. The molecule has 5 nitrogen and oxygen atoms in total. The van der Waals surface area contributed by atoms with E-state index >= 15 is 0 Å². The molecule has 0 saturated heterocycles. The van der Waals surface area contributed by atoms with Crippen LogP contribution in [0.3, 0.4) is 0 Å². The van der Waals surface area contributed by atoms with Crippen molar-refractivity contribution in [2.45, 2.75) is 0 Å². The lowest BCUT2D eigenvalue weighted by atomic mass is 10.2. The maximum Gasteiger partial charge on any atom is 0.200 e. The molecule has 0 aromatic carbocycles. The van der Waals surface area contributed by atoms with Gasteiger partial charge in [0.05, 0.1) is 11.9 Å². The lowest BCUT2D eigenvalue weighted by molar-refractivity contribution is 1.02. The van der Waals surface area contributed by atoms with E-state index in [0.29, 0.717) is 4.77 Å². The molecule has 3 rings (SSSR count). The van der Waals surface area contributed by atoms with Gasteiger partial charge in [-0.25, -0.2) is 0 Å². The summed E-state index contributed by atoms with van der Waals surface area (Å²) in [5.74, 6) is 0.746. The van der Waals surface area contributed by atoms with Crippen molar-refractivity contribution in [1.82, 2.24) is 24.7 Å². The zero-order valence-corrected chi connectivity index (χ0v) is 10.1. The Hall–Kier alpha value is -2.34. The lowest BCUT2D eigenvalue weighted by Gasteiger charge is -2.05. The zero-order chi connectivity index (χ0) is 12.4. The molecule has 0 radical (unpaired) electrons. The van der Waals surface area contributed by atoms with Crippen LogP contribution < -0.4 is 0 Å². The van der Waals surface area contributed by atoms with Gasteiger partial charge in [-0.2, -0.15) is 5.10 Å². The fraction of sp³-hybridized carbons (Fsp3) is 0. The number of H-pyrrole nitrogens is 1. The minimum Gasteiger partial charge on any atom is -0.267 e. The van der Waals surface area contributed by atoms with Gasteiger partial charge in [0.2, 0.25) is 0 Å². The largest absolute Gasteiger partial charge is 0.267 e. The van der Waals surface area contributed by atoms with Crippen molar-refractivity contribution < 1.29 is 0 Å². The lowest BCUT2D eigenvalue weighted by Crippen LogP contribution is -1.98. The first-order valence-corrected chi connectivity index (χ1v) is 5.75. The minimum absolute atomic E-state index is 0.537. The highest BCUT2D eigenvalue weighted by atomic mass is 32.1. The number of hydrogen-bond donors (Lipinski definition) is 1. The molecule has 0 spiro atoms. The van der Waals surface area contributed by atoms with Crippen LogP contribution in [0.15, 0.2) is 49.1 Å². The summed E-state index contributed by atoms with van der Waals surface area (Å²) in [6.45, 7) is 0. The first-order chi connectivity index (χ1) is 8.86. The van der Waals surface area contributed by atoms with Crippen molar-refractivity contribution in [2.24, 2.45) is 0 Å². The van der Waals surface area contributed by atoms with Gasteiger partial charge in [0.1, 0.15) is 0 Å². The van der Waals surface area contributed by atoms with Crippen LogP contribution in [0.2, 0.25) is 0 Å². The molecule has 3 aromatic rings. The maximum atomic E-state index is 5.26. The number of rotatable bonds is 2. The highest BCUT2D eigenvalue weighted by Crippen LogP contribution is 2.19. The van der Waals surface area contributed by atoms with E-state index in [4.69, 9.17) is 12.2 Å². The van der Waals surface area contributed by atoms with E-state index in [-0.39, 0.29) is 0 Å². The van der Waals surface area contributed by atoms with Crippen molar-refractivity contribution in [2.75, 3.05) is 0 Å². The molecule has 18 heavy (non-hydrogen) atoms. The number of hydrogen-bond acceptors (Lipinski definition) is 4. The molecular weight excluding hydrogens is 246 g/mol. The van der Waals surface area contributed by atoms with Crippen LogP contribution in [0.1, 0.15) is 0 Å². The molecule has 1 N–H and O–H groups in total. The summed E-state index contributed by atoms with van der Waals surface area (Å²) in [5, 5.41) is 7.05. The van der Waals surface area contributed by atoms with Crippen molar-refractivity contribution in [3.05, 3.63) is 53.8 Å². The molecule has 0 bridgehead atoms. The second kappa shape index (κ2) is 4.50. The van der Waals surface area contributed by atoms with E-state index in [1.807, 2.05) is 28.8 Å². The van der Waals surface area contributed by atoms with Crippen LogP contribution in [0, 0.1) is 4.77 Å². The molecule has 0 aliphatic heterocycles. The monoisotopic (exact) mass is 255 g/mol. The molecular formula is C12H9N5S. The SMILES string of the molecule is S=c1[nH]nc(-c2ccncc2)n1-c1cccnc1. The van der Waals surface area contributed by atoms with Crippen molar-refractivity contribution in [1.29, 1.82) is 0 Å². The quantitative estimate of drug-likeness (QED) is 0.714. The summed E-state index contributed by atoms with van der Waals surface area (Å²) in [5.41, 5.74) is 1.82. The van der Waals surface area contributed by atoms with Gasteiger partial charge in [-0.15, -0.1) is 0 Å². The Kier molecular flexibility index (Phi) is 2.70. The van der Waals surface area contributed by atoms with Gasteiger partial charge >= 0.3 is 0 Å². The summed E-state index contributed by atoms with van der Waals surface area (Å²) in [4.78, 5) is 8.09. The van der Waals surface area contributed by atoms with Gasteiger partial charge in [-0.3, -0.25) is 19.6 Å². The van der Waals surface area contributed by atoms with Crippen LogP contribution in [-0.2, 0) is 0 Å². The van der Waals surface area contributed by atoms with E-state index in [1.165, 1.54) is 0 Å². The van der Waals surface area contributed by atoms with Crippen molar-refractivity contribution >= 4 is 12.2 Å². The van der Waals surface area contributed by atoms with Gasteiger partial charge < -0.3 is 0 Å². The van der Waals surface area contributed by atoms with Crippen LogP contribution >= 0.6 is 12.2 Å². The average molecular weight is 255 g/mol. The smallest absolute Gasteiger partial charge is 0.200 e.